The van der Waals surface area contributed by atoms with E-state index >= 15 is 0 Å². The maximum absolute atomic E-state index is 13.9. The maximum Gasteiger partial charge on any atom is 0.407 e. The number of alkyl carbamates (subject to hydrolysis) is 2. The van der Waals surface area contributed by atoms with E-state index in [4.69, 9.17) is 19.4 Å². The number of methoxy groups -OCH3 is 2. The van der Waals surface area contributed by atoms with E-state index in [9.17, 15) is 19.2 Å². The first-order chi connectivity index (χ1) is 27.8. The third-order valence-corrected chi connectivity index (χ3v) is 13.2. The molecule has 2 aromatic heterocycles. The minimum Gasteiger partial charge on any atom is -0.453 e. The molecule has 4 heterocycles. The highest BCUT2D eigenvalue weighted by molar-refractivity contribution is 5.88. The van der Waals surface area contributed by atoms with Crippen molar-refractivity contribution in [2.24, 2.45) is 23.7 Å². The number of hydrogen-bond donors (Lipinski definition) is 4. The monoisotopic (exact) mass is 790 g/mol. The van der Waals surface area contributed by atoms with Gasteiger partial charge in [-0.2, -0.15) is 0 Å². The Morgan fingerprint density at radius 3 is 1.33 bits per heavy atom. The van der Waals surface area contributed by atoms with E-state index in [1.165, 1.54) is 14.2 Å². The topological polar surface area (TPSA) is 175 Å². The maximum atomic E-state index is 13.9. The molecule has 2 aromatic carbocycles. The molecule has 0 radical (unpaired) electrons. The normalized spacial score (nSPS) is 24.3. The van der Waals surface area contributed by atoms with Gasteiger partial charge >= 0.3 is 12.2 Å². The lowest BCUT2D eigenvalue weighted by molar-refractivity contribution is -0.141. The Morgan fingerprint density at radius 1 is 0.638 bits per heavy atom. The Bertz CT molecular complexity index is 2030. The summed E-state index contributed by atoms with van der Waals surface area (Å²) < 4.78 is 9.64. The van der Waals surface area contributed by atoms with Crippen LogP contribution in [0.3, 0.4) is 0 Å². The lowest BCUT2D eigenvalue weighted by Gasteiger charge is -2.40. The van der Waals surface area contributed by atoms with Gasteiger partial charge in [-0.15, -0.1) is 0 Å². The van der Waals surface area contributed by atoms with Crippen molar-refractivity contribution in [1.82, 2.24) is 40.4 Å². The molecule has 14 nitrogen and oxygen atoms in total. The van der Waals surface area contributed by atoms with Crippen LogP contribution in [0, 0.1) is 23.7 Å². The van der Waals surface area contributed by atoms with Gasteiger partial charge in [0.05, 0.1) is 38.0 Å². The summed E-state index contributed by atoms with van der Waals surface area (Å²) in [6, 6.07) is 15.3. The molecule has 2 aliphatic carbocycles. The van der Waals surface area contributed by atoms with Crippen LogP contribution < -0.4 is 10.6 Å². The SMILES string of the molecule is COC(=O)N[C@H](C(=O)N1C[C@@H]2CC[C@]1(c1ncc(-c3ccc(-c4ccc(-c5cnc([C@]67CC[C@@H](CN6C(=O)[C@@H](NC(=O)OC)C(C)C)C7)[nH]5)cc4)cc3)[nH]1)C2)C(C)C. The zero-order valence-corrected chi connectivity index (χ0v) is 34.1. The summed E-state index contributed by atoms with van der Waals surface area (Å²) >= 11 is 0. The lowest BCUT2D eigenvalue weighted by atomic mass is 9.93. The van der Waals surface area contributed by atoms with Crippen molar-refractivity contribution in [2.45, 2.75) is 89.4 Å². The van der Waals surface area contributed by atoms with Crippen molar-refractivity contribution in [1.29, 1.82) is 0 Å². The second kappa shape index (κ2) is 15.3. The summed E-state index contributed by atoms with van der Waals surface area (Å²) in [7, 11) is 2.61. The molecule has 0 spiro atoms. The van der Waals surface area contributed by atoms with E-state index in [-0.39, 0.29) is 23.7 Å². The van der Waals surface area contributed by atoms with E-state index in [0.717, 1.165) is 83.8 Å². The minimum absolute atomic E-state index is 0.103. The highest BCUT2D eigenvalue weighted by atomic mass is 16.5. The second-order valence-electron chi connectivity index (χ2n) is 17.3. The average molecular weight is 791 g/mol. The number of carbonyl (C=O) groups is 4. The number of carbonyl (C=O) groups excluding carboxylic acids is 4. The molecule has 4 aliphatic rings. The molecular weight excluding hydrogens is 737 g/mol. The molecule has 4 amide bonds. The summed E-state index contributed by atoms with van der Waals surface area (Å²) in [5.41, 5.74) is 4.82. The molecule has 306 valence electrons. The van der Waals surface area contributed by atoms with Gasteiger partial charge in [-0.3, -0.25) is 9.59 Å². The predicted molar refractivity (Wildman–Crippen MR) is 217 cm³/mol. The fourth-order valence-corrected chi connectivity index (χ4v) is 10.0. The standard InChI is InChI=1S/C44H54N8O6/c1-25(2)35(49-41(55)57-5)37(53)51-23-27-15-17-43(51,19-27)39-45-21-33(47-39)31-11-7-29(8-12-31)30-9-13-32(14-10-30)34-22-46-40(48-34)44-18-16-28(20-44)24-52(44)38(54)36(26(3)4)50-42(56)58-6/h7-14,21-22,25-28,35-36H,15-20,23-24H2,1-6H3,(H,45,47)(H,46,48)(H,49,55)(H,50,56)/t27-,28-,35+,36+,43-,44-/m1/s1. The van der Waals surface area contributed by atoms with Crippen LogP contribution in [0.15, 0.2) is 60.9 Å². The van der Waals surface area contributed by atoms with Crippen LogP contribution in [0.2, 0.25) is 0 Å². The number of ether oxygens (including phenoxy) is 2. The molecule has 58 heavy (non-hydrogen) atoms. The van der Waals surface area contributed by atoms with Gasteiger partial charge < -0.3 is 39.9 Å². The molecule has 4 bridgehead atoms. The van der Waals surface area contributed by atoms with Crippen molar-refractivity contribution in [3.05, 3.63) is 72.6 Å². The van der Waals surface area contributed by atoms with Gasteiger partial charge in [0, 0.05) is 13.1 Å². The Kier molecular flexibility index (Phi) is 10.3. The summed E-state index contributed by atoms with van der Waals surface area (Å²) in [5.74, 6) is 1.95. The lowest BCUT2D eigenvalue weighted by Crippen LogP contribution is -2.56. The number of benzene rings is 2. The fraction of sp³-hybridized carbons (Fsp3) is 0.500. The molecule has 0 unspecified atom stereocenters. The van der Waals surface area contributed by atoms with Gasteiger partial charge in [0.25, 0.3) is 0 Å². The first-order valence-corrected chi connectivity index (χ1v) is 20.5. The number of rotatable bonds is 11. The van der Waals surface area contributed by atoms with Crippen LogP contribution in [0.5, 0.6) is 0 Å². The third kappa shape index (κ3) is 6.79. The molecule has 4 N–H and O–H groups in total. The number of H-pyrrole nitrogens is 2. The van der Waals surface area contributed by atoms with Crippen molar-refractivity contribution >= 4 is 24.0 Å². The summed E-state index contributed by atoms with van der Waals surface area (Å²) in [6.45, 7) is 8.99. The number of imidazole rings is 2. The van der Waals surface area contributed by atoms with Crippen LogP contribution in [0.25, 0.3) is 33.6 Å². The third-order valence-electron chi connectivity index (χ3n) is 13.2. The number of fused-ring (bicyclic) bond motifs is 4. The van der Waals surface area contributed by atoms with Crippen molar-refractivity contribution in [3.63, 3.8) is 0 Å². The molecule has 2 saturated heterocycles. The molecule has 8 rings (SSSR count). The number of piperidine rings is 2. The second-order valence-corrected chi connectivity index (χ2v) is 17.3. The molecule has 2 aliphatic heterocycles. The first kappa shape index (κ1) is 39.2. The van der Waals surface area contributed by atoms with Gasteiger partial charge in [0.1, 0.15) is 34.8 Å². The molecule has 6 atom stereocenters. The van der Waals surface area contributed by atoms with Crippen molar-refractivity contribution in [2.75, 3.05) is 27.3 Å². The summed E-state index contributed by atoms with van der Waals surface area (Å²) in [4.78, 5) is 72.8. The van der Waals surface area contributed by atoms with Crippen LogP contribution in [0.4, 0.5) is 9.59 Å². The Labute approximate surface area is 338 Å². The van der Waals surface area contributed by atoms with E-state index in [0.29, 0.717) is 24.9 Å². The summed E-state index contributed by atoms with van der Waals surface area (Å²) in [6.07, 6.45) is 7.87. The Hall–Kier alpha value is -5.66. The molecule has 14 heteroatoms. The summed E-state index contributed by atoms with van der Waals surface area (Å²) in [5, 5.41) is 5.51. The van der Waals surface area contributed by atoms with Gasteiger partial charge in [0.2, 0.25) is 11.8 Å². The van der Waals surface area contributed by atoms with E-state index < -0.39 is 35.3 Å². The number of amides is 4. The first-order valence-electron chi connectivity index (χ1n) is 20.5. The largest absolute Gasteiger partial charge is 0.453 e. The number of aromatic nitrogens is 4. The van der Waals surface area contributed by atoms with Crippen LogP contribution in [-0.2, 0) is 30.1 Å². The van der Waals surface area contributed by atoms with E-state index in [1.54, 1.807) is 0 Å². The number of aromatic amines is 2. The predicted octanol–water partition coefficient (Wildman–Crippen LogP) is 6.57. The fourth-order valence-electron chi connectivity index (χ4n) is 10.0. The van der Waals surface area contributed by atoms with Gasteiger partial charge in [-0.1, -0.05) is 76.2 Å². The van der Waals surface area contributed by atoms with Crippen molar-refractivity contribution < 1.29 is 28.7 Å². The highest BCUT2D eigenvalue weighted by Gasteiger charge is 2.57. The highest BCUT2D eigenvalue weighted by Crippen LogP contribution is 2.54. The van der Waals surface area contributed by atoms with Gasteiger partial charge in [-0.25, -0.2) is 19.6 Å². The van der Waals surface area contributed by atoms with E-state index in [1.807, 2.05) is 49.9 Å². The van der Waals surface area contributed by atoms with Gasteiger partial charge in [-0.05, 0) is 84.5 Å². The van der Waals surface area contributed by atoms with Crippen molar-refractivity contribution in [3.8, 4) is 33.6 Å². The molecule has 4 aromatic rings. The smallest absolute Gasteiger partial charge is 0.407 e. The minimum atomic E-state index is -0.687. The van der Waals surface area contributed by atoms with E-state index in [2.05, 4.69) is 69.1 Å². The number of nitrogens with one attached hydrogen (secondary N) is 4. The molecule has 2 saturated carbocycles. The van der Waals surface area contributed by atoms with Gasteiger partial charge in [0.15, 0.2) is 0 Å². The van der Waals surface area contributed by atoms with Crippen LogP contribution in [0.1, 0.15) is 77.9 Å². The Morgan fingerprint density at radius 2 is 1.00 bits per heavy atom. The Balaban J connectivity index is 0.963. The molecular formula is C44H54N8O6. The number of nitrogens with zero attached hydrogens (tertiary/aromatic N) is 4. The zero-order chi connectivity index (χ0) is 40.9. The quantitative estimate of drug-likeness (QED) is 0.132. The average Bonchev–Trinajstić information content (AvgIpc) is 4.10. The molecule has 4 fully saturated rings. The number of likely N-dealkylation sites (tertiary alicyclic amines) is 2. The van der Waals surface area contributed by atoms with Crippen LogP contribution >= 0.6 is 0 Å². The van der Waals surface area contributed by atoms with Crippen LogP contribution in [-0.4, -0.2) is 93.1 Å². The zero-order valence-electron chi connectivity index (χ0n) is 34.1. The number of hydrogen-bond acceptors (Lipinski definition) is 8.